The van der Waals surface area contributed by atoms with Gasteiger partial charge in [-0.25, -0.2) is 0 Å². The fourth-order valence-electron chi connectivity index (χ4n) is 1.98. The number of amides is 1. The van der Waals surface area contributed by atoms with E-state index in [1.165, 1.54) is 36.4 Å². The molecule has 0 aliphatic carbocycles. The van der Waals surface area contributed by atoms with Gasteiger partial charge < -0.3 is 15.5 Å². The Labute approximate surface area is 130 Å². The van der Waals surface area contributed by atoms with Gasteiger partial charge in [-0.1, -0.05) is 18.2 Å². The zero-order chi connectivity index (χ0) is 17.0. The van der Waals surface area contributed by atoms with Crippen LogP contribution in [0.25, 0.3) is 0 Å². The molecule has 3 N–H and O–H groups in total. The van der Waals surface area contributed by atoms with Gasteiger partial charge in [0.05, 0.1) is 11.7 Å². The second-order valence-electron chi connectivity index (χ2n) is 4.90. The largest absolute Gasteiger partial charge is 0.508 e. The molecular weight excluding hydrogens is 311 g/mol. The molecule has 122 valence electrons. The topological polar surface area (TPSA) is 69.6 Å². The van der Waals surface area contributed by atoms with Crippen LogP contribution < -0.4 is 5.32 Å². The number of nitrogens with one attached hydrogen (secondary N) is 1. The Balaban J connectivity index is 2.02. The Kier molecular flexibility index (Phi) is 4.90. The number of aliphatic hydroxyl groups is 1. The molecule has 2 rings (SSSR count). The van der Waals surface area contributed by atoms with Crippen LogP contribution >= 0.6 is 0 Å². The van der Waals surface area contributed by atoms with Crippen LogP contribution in [0.4, 0.5) is 13.2 Å². The average molecular weight is 325 g/mol. The molecule has 0 saturated heterocycles. The molecule has 0 bridgehead atoms. The van der Waals surface area contributed by atoms with Crippen LogP contribution in [0.5, 0.6) is 5.75 Å². The maximum Gasteiger partial charge on any atom is 0.416 e. The van der Waals surface area contributed by atoms with Crippen molar-refractivity contribution in [3.8, 4) is 5.75 Å². The number of carbonyl (C=O) groups is 1. The number of rotatable bonds is 4. The predicted octanol–water partition coefficient (Wildman–Crippen LogP) is 2.87. The fraction of sp³-hybridized carbons (Fsp3) is 0.188. The van der Waals surface area contributed by atoms with Gasteiger partial charge in [0.2, 0.25) is 0 Å². The third kappa shape index (κ3) is 4.46. The lowest BCUT2D eigenvalue weighted by Crippen LogP contribution is -2.28. The summed E-state index contributed by atoms with van der Waals surface area (Å²) in [5.74, 6) is -0.636. The van der Waals surface area contributed by atoms with E-state index in [1.54, 1.807) is 0 Å². The summed E-state index contributed by atoms with van der Waals surface area (Å²) < 4.78 is 37.9. The van der Waals surface area contributed by atoms with Crippen molar-refractivity contribution >= 4 is 5.91 Å². The maximum absolute atomic E-state index is 12.6. The van der Waals surface area contributed by atoms with Crippen LogP contribution in [-0.4, -0.2) is 22.7 Å². The monoisotopic (exact) mass is 325 g/mol. The summed E-state index contributed by atoms with van der Waals surface area (Å²) in [6.07, 6.45) is -5.78. The molecule has 23 heavy (non-hydrogen) atoms. The summed E-state index contributed by atoms with van der Waals surface area (Å²) in [6, 6.07) is 9.87. The maximum atomic E-state index is 12.6. The zero-order valence-corrected chi connectivity index (χ0v) is 11.8. The van der Waals surface area contributed by atoms with E-state index in [-0.39, 0.29) is 23.4 Å². The van der Waals surface area contributed by atoms with E-state index >= 15 is 0 Å². The van der Waals surface area contributed by atoms with Crippen LogP contribution in [0.15, 0.2) is 48.5 Å². The minimum atomic E-state index is -4.50. The van der Waals surface area contributed by atoms with Crippen LogP contribution in [0.3, 0.4) is 0 Å². The van der Waals surface area contributed by atoms with E-state index in [0.29, 0.717) is 0 Å². The summed E-state index contributed by atoms with van der Waals surface area (Å²) >= 11 is 0. The van der Waals surface area contributed by atoms with Gasteiger partial charge in [0.15, 0.2) is 0 Å². The van der Waals surface area contributed by atoms with Crippen molar-refractivity contribution in [1.82, 2.24) is 5.32 Å². The lowest BCUT2D eigenvalue weighted by molar-refractivity contribution is -0.137. The summed E-state index contributed by atoms with van der Waals surface area (Å²) in [5, 5.41) is 21.6. The average Bonchev–Trinajstić information content (AvgIpc) is 2.51. The molecule has 1 amide bonds. The first-order valence-electron chi connectivity index (χ1n) is 6.70. The van der Waals surface area contributed by atoms with E-state index in [0.717, 1.165) is 12.1 Å². The molecule has 4 nitrogen and oxygen atoms in total. The summed E-state index contributed by atoms with van der Waals surface area (Å²) in [4.78, 5) is 11.8. The van der Waals surface area contributed by atoms with Crippen molar-refractivity contribution in [2.75, 3.05) is 6.54 Å². The Hall–Kier alpha value is -2.54. The lowest BCUT2D eigenvalue weighted by atomic mass is 10.1. The highest BCUT2D eigenvalue weighted by molar-refractivity contribution is 5.94. The molecule has 0 saturated carbocycles. The molecule has 0 fully saturated rings. The molecule has 2 aromatic rings. The normalized spacial score (nSPS) is 12.7. The minimum absolute atomic E-state index is 0.0519. The first-order valence-corrected chi connectivity index (χ1v) is 6.70. The fourth-order valence-corrected chi connectivity index (χ4v) is 1.98. The molecule has 0 aromatic heterocycles. The highest BCUT2D eigenvalue weighted by Gasteiger charge is 2.30. The number of phenols is 1. The van der Waals surface area contributed by atoms with Gasteiger partial charge in [-0.2, -0.15) is 13.2 Å². The number of benzene rings is 2. The van der Waals surface area contributed by atoms with Crippen molar-refractivity contribution in [3.05, 3.63) is 65.2 Å². The van der Waals surface area contributed by atoms with Crippen LogP contribution in [0.1, 0.15) is 27.6 Å². The van der Waals surface area contributed by atoms with E-state index in [4.69, 9.17) is 0 Å². The summed E-state index contributed by atoms with van der Waals surface area (Å²) in [5.41, 5.74) is -0.634. The number of hydrogen-bond acceptors (Lipinski definition) is 3. The zero-order valence-electron chi connectivity index (χ0n) is 11.8. The van der Waals surface area contributed by atoms with Gasteiger partial charge in [0.25, 0.3) is 5.91 Å². The molecule has 2 aromatic carbocycles. The molecular formula is C16H14F3NO3. The summed E-state index contributed by atoms with van der Waals surface area (Å²) in [6.45, 7) is -0.254. The van der Waals surface area contributed by atoms with E-state index in [9.17, 15) is 28.2 Å². The Morgan fingerprint density at radius 3 is 2.48 bits per heavy atom. The molecule has 0 heterocycles. The Morgan fingerprint density at radius 2 is 1.83 bits per heavy atom. The van der Waals surface area contributed by atoms with Crippen LogP contribution in [0.2, 0.25) is 0 Å². The molecule has 0 aliphatic heterocycles. The number of aromatic hydroxyl groups is 1. The van der Waals surface area contributed by atoms with Crippen LogP contribution in [0, 0.1) is 0 Å². The van der Waals surface area contributed by atoms with Gasteiger partial charge in [0, 0.05) is 12.1 Å². The van der Waals surface area contributed by atoms with E-state index < -0.39 is 23.8 Å². The number of hydrogen-bond donors (Lipinski definition) is 3. The van der Waals surface area contributed by atoms with Crippen LogP contribution in [-0.2, 0) is 6.18 Å². The molecule has 1 unspecified atom stereocenters. The second kappa shape index (κ2) is 6.70. The third-order valence-electron chi connectivity index (χ3n) is 3.16. The van der Waals surface area contributed by atoms with Crippen molar-refractivity contribution in [2.24, 2.45) is 0 Å². The second-order valence-corrected chi connectivity index (χ2v) is 4.90. The number of aliphatic hydroxyl groups excluding tert-OH is 1. The van der Waals surface area contributed by atoms with Gasteiger partial charge in [-0.05, 0) is 35.9 Å². The van der Waals surface area contributed by atoms with Gasteiger partial charge in [0.1, 0.15) is 5.75 Å². The van der Waals surface area contributed by atoms with Gasteiger partial charge >= 0.3 is 6.18 Å². The van der Waals surface area contributed by atoms with E-state index in [1.807, 2.05) is 0 Å². The first kappa shape index (κ1) is 16.8. The highest BCUT2D eigenvalue weighted by Crippen LogP contribution is 2.30. The Bertz CT molecular complexity index is 701. The Morgan fingerprint density at radius 1 is 1.13 bits per heavy atom. The molecule has 0 aliphatic rings. The third-order valence-corrected chi connectivity index (χ3v) is 3.16. The highest BCUT2D eigenvalue weighted by atomic mass is 19.4. The number of halogens is 3. The molecule has 7 heteroatoms. The predicted molar refractivity (Wildman–Crippen MR) is 76.8 cm³/mol. The molecule has 0 spiro atoms. The number of alkyl halides is 3. The van der Waals surface area contributed by atoms with Gasteiger partial charge in [-0.3, -0.25) is 4.79 Å². The molecule has 0 radical (unpaired) electrons. The smallest absolute Gasteiger partial charge is 0.416 e. The number of carbonyl (C=O) groups excluding carboxylic acids is 1. The molecule has 1 atom stereocenters. The van der Waals surface area contributed by atoms with Crippen molar-refractivity contribution < 1.29 is 28.2 Å². The van der Waals surface area contributed by atoms with Gasteiger partial charge in [-0.15, -0.1) is 0 Å². The van der Waals surface area contributed by atoms with Crippen molar-refractivity contribution in [2.45, 2.75) is 12.3 Å². The minimum Gasteiger partial charge on any atom is -0.508 e. The lowest BCUT2D eigenvalue weighted by Gasteiger charge is -2.14. The van der Waals surface area contributed by atoms with E-state index in [2.05, 4.69) is 5.32 Å². The number of phenolic OH excluding ortho intramolecular Hbond substituents is 1. The standard InChI is InChI=1S/C16H14F3NO3/c17-16(18,19)12-5-1-3-10(7-12)14(22)9-20-15(23)11-4-2-6-13(21)8-11/h1-8,14,21-22H,9H2,(H,20,23). The van der Waals surface area contributed by atoms with Crippen molar-refractivity contribution in [1.29, 1.82) is 0 Å². The van der Waals surface area contributed by atoms with Crippen molar-refractivity contribution in [3.63, 3.8) is 0 Å². The SMILES string of the molecule is O=C(NCC(O)c1cccc(C(F)(F)F)c1)c1cccc(O)c1. The summed E-state index contributed by atoms with van der Waals surface area (Å²) in [7, 11) is 0. The quantitative estimate of drug-likeness (QED) is 0.809. The first-order chi connectivity index (χ1) is 10.8.